The Balaban J connectivity index is 2.16. The zero-order valence-corrected chi connectivity index (χ0v) is 10.7. The highest BCUT2D eigenvalue weighted by molar-refractivity contribution is 5.85. The van der Waals surface area contributed by atoms with Crippen LogP contribution in [0.3, 0.4) is 0 Å². The Bertz CT molecular complexity index is 582. The van der Waals surface area contributed by atoms with Crippen molar-refractivity contribution < 1.29 is 23.4 Å². The highest BCUT2D eigenvalue weighted by atomic mass is 19.1. The quantitative estimate of drug-likeness (QED) is 0.844. The number of benzene rings is 1. The fourth-order valence-electron chi connectivity index (χ4n) is 1.67. The first kappa shape index (κ1) is 14.0. The molecule has 2 rings (SSSR count). The number of carbonyl (C=O) groups is 1. The molecule has 0 radical (unpaired) electrons. The van der Waals surface area contributed by atoms with Crippen LogP contribution in [-0.4, -0.2) is 29.8 Å². The SMILES string of the molecule is COCC(Nc1nc(C(=O)O)co1)c1ccc(F)cc1. The molecule has 0 fully saturated rings. The molecule has 2 N–H and O–H groups in total. The number of halogens is 1. The number of hydrogen-bond acceptors (Lipinski definition) is 5. The van der Waals surface area contributed by atoms with Crippen LogP contribution in [0.2, 0.25) is 0 Å². The van der Waals surface area contributed by atoms with Crippen molar-refractivity contribution in [3.63, 3.8) is 0 Å². The summed E-state index contributed by atoms with van der Waals surface area (Å²) in [6.45, 7) is 0.288. The van der Waals surface area contributed by atoms with Crippen LogP contribution >= 0.6 is 0 Å². The molecular weight excluding hydrogens is 267 g/mol. The van der Waals surface area contributed by atoms with Crippen molar-refractivity contribution in [3.8, 4) is 0 Å². The van der Waals surface area contributed by atoms with Gasteiger partial charge in [-0.3, -0.25) is 0 Å². The fourth-order valence-corrected chi connectivity index (χ4v) is 1.67. The highest BCUT2D eigenvalue weighted by Crippen LogP contribution is 2.20. The average molecular weight is 280 g/mol. The highest BCUT2D eigenvalue weighted by Gasteiger charge is 2.16. The third-order valence-electron chi connectivity index (χ3n) is 2.63. The molecule has 1 unspecified atom stereocenters. The maximum absolute atomic E-state index is 12.9. The van der Waals surface area contributed by atoms with Gasteiger partial charge < -0.3 is 19.6 Å². The van der Waals surface area contributed by atoms with Crippen molar-refractivity contribution in [1.29, 1.82) is 0 Å². The lowest BCUT2D eigenvalue weighted by molar-refractivity contribution is 0.0690. The van der Waals surface area contributed by atoms with Crippen molar-refractivity contribution in [3.05, 3.63) is 47.6 Å². The molecule has 0 saturated carbocycles. The summed E-state index contributed by atoms with van der Waals surface area (Å²) in [5.74, 6) is -1.51. The summed E-state index contributed by atoms with van der Waals surface area (Å²) in [6.07, 6.45) is 1.04. The van der Waals surface area contributed by atoms with Gasteiger partial charge in [0, 0.05) is 7.11 Å². The summed E-state index contributed by atoms with van der Waals surface area (Å²) in [7, 11) is 1.52. The maximum atomic E-state index is 12.9. The molecule has 1 atom stereocenters. The first-order valence-electron chi connectivity index (χ1n) is 5.80. The second-order valence-corrected chi connectivity index (χ2v) is 4.05. The molecule has 0 aliphatic rings. The third-order valence-corrected chi connectivity index (χ3v) is 2.63. The first-order chi connectivity index (χ1) is 9.60. The average Bonchev–Trinajstić information content (AvgIpc) is 2.88. The zero-order chi connectivity index (χ0) is 14.5. The Labute approximate surface area is 114 Å². The van der Waals surface area contributed by atoms with Gasteiger partial charge in [0.15, 0.2) is 5.69 Å². The largest absolute Gasteiger partial charge is 0.476 e. The topological polar surface area (TPSA) is 84.6 Å². The van der Waals surface area contributed by atoms with Gasteiger partial charge in [0.25, 0.3) is 6.01 Å². The van der Waals surface area contributed by atoms with Crippen molar-refractivity contribution in [2.75, 3.05) is 19.0 Å². The van der Waals surface area contributed by atoms with E-state index in [0.717, 1.165) is 11.8 Å². The van der Waals surface area contributed by atoms with Gasteiger partial charge >= 0.3 is 5.97 Å². The molecule has 106 valence electrons. The number of nitrogens with zero attached hydrogens (tertiary/aromatic N) is 1. The van der Waals surface area contributed by atoms with Crippen molar-refractivity contribution in [2.45, 2.75) is 6.04 Å². The number of ether oxygens (including phenoxy) is 1. The molecule has 20 heavy (non-hydrogen) atoms. The van der Waals surface area contributed by atoms with E-state index in [1.165, 1.54) is 19.2 Å². The lowest BCUT2D eigenvalue weighted by atomic mass is 10.1. The van der Waals surface area contributed by atoms with Gasteiger partial charge in [-0.1, -0.05) is 12.1 Å². The molecule has 0 aliphatic heterocycles. The lowest BCUT2D eigenvalue weighted by Gasteiger charge is -2.16. The van der Waals surface area contributed by atoms with Gasteiger partial charge in [-0.05, 0) is 17.7 Å². The van der Waals surface area contributed by atoms with Gasteiger partial charge in [-0.25, -0.2) is 9.18 Å². The number of aromatic nitrogens is 1. The van der Waals surface area contributed by atoms with Gasteiger partial charge in [0.2, 0.25) is 0 Å². The van der Waals surface area contributed by atoms with Gasteiger partial charge in [-0.15, -0.1) is 0 Å². The number of hydrogen-bond donors (Lipinski definition) is 2. The summed E-state index contributed by atoms with van der Waals surface area (Å²) in [5, 5.41) is 11.7. The number of carboxylic acid groups (broad SMARTS) is 1. The van der Waals surface area contributed by atoms with E-state index in [1.54, 1.807) is 12.1 Å². The molecule has 0 bridgehead atoms. The maximum Gasteiger partial charge on any atom is 0.357 e. The van der Waals surface area contributed by atoms with Gasteiger partial charge in [0.1, 0.15) is 12.1 Å². The number of methoxy groups -OCH3 is 1. The Kier molecular flexibility index (Phi) is 4.31. The Hall–Kier alpha value is -2.41. The molecule has 0 amide bonds. The van der Waals surface area contributed by atoms with E-state index in [4.69, 9.17) is 14.3 Å². The van der Waals surface area contributed by atoms with E-state index in [9.17, 15) is 9.18 Å². The van der Waals surface area contributed by atoms with Gasteiger partial charge in [-0.2, -0.15) is 4.98 Å². The normalized spacial score (nSPS) is 12.1. The molecule has 1 aromatic heterocycles. The third kappa shape index (κ3) is 3.33. The molecule has 7 heteroatoms. The van der Waals surface area contributed by atoms with Crippen LogP contribution in [0.25, 0.3) is 0 Å². The minimum Gasteiger partial charge on any atom is -0.476 e. The van der Waals surface area contributed by atoms with Crippen LogP contribution < -0.4 is 5.32 Å². The van der Waals surface area contributed by atoms with Crippen LogP contribution in [0.5, 0.6) is 0 Å². The zero-order valence-electron chi connectivity index (χ0n) is 10.7. The number of rotatable bonds is 6. The molecule has 2 aromatic rings. The lowest BCUT2D eigenvalue weighted by Crippen LogP contribution is -2.16. The number of nitrogens with one attached hydrogen (secondary N) is 1. The standard InChI is InChI=1S/C13H13FN2O4/c1-19-6-10(8-2-4-9(14)5-3-8)15-13-16-11(7-20-13)12(17)18/h2-5,7,10H,6H2,1H3,(H,15,16)(H,17,18). The summed E-state index contributed by atoms with van der Waals surface area (Å²) in [6, 6.07) is 5.60. The molecule has 1 aromatic carbocycles. The first-order valence-corrected chi connectivity index (χ1v) is 5.80. The Morgan fingerprint density at radius 1 is 1.50 bits per heavy atom. The number of aromatic carboxylic acids is 1. The number of oxazole rings is 1. The summed E-state index contributed by atoms with van der Waals surface area (Å²) >= 11 is 0. The van der Waals surface area contributed by atoms with Gasteiger partial charge in [0.05, 0.1) is 12.6 Å². The van der Waals surface area contributed by atoms with E-state index in [0.29, 0.717) is 0 Å². The van der Waals surface area contributed by atoms with Crippen molar-refractivity contribution >= 4 is 12.0 Å². The van der Waals surface area contributed by atoms with Crippen LogP contribution in [-0.2, 0) is 4.74 Å². The molecule has 1 heterocycles. The number of anilines is 1. The van der Waals surface area contributed by atoms with Crippen LogP contribution in [0.4, 0.5) is 10.4 Å². The molecule has 0 saturated heterocycles. The number of carboxylic acids is 1. The van der Waals surface area contributed by atoms with E-state index < -0.39 is 5.97 Å². The van der Waals surface area contributed by atoms with Crippen molar-refractivity contribution in [2.24, 2.45) is 0 Å². The molecule has 6 nitrogen and oxygen atoms in total. The Morgan fingerprint density at radius 3 is 2.75 bits per heavy atom. The second-order valence-electron chi connectivity index (χ2n) is 4.05. The minimum absolute atomic E-state index is 0.0637. The minimum atomic E-state index is -1.17. The van der Waals surface area contributed by atoms with E-state index in [-0.39, 0.29) is 30.2 Å². The van der Waals surface area contributed by atoms with Crippen molar-refractivity contribution in [1.82, 2.24) is 4.98 Å². The molecular formula is C13H13FN2O4. The fraction of sp³-hybridized carbons (Fsp3) is 0.231. The van der Waals surface area contributed by atoms with Crippen LogP contribution in [0, 0.1) is 5.82 Å². The van der Waals surface area contributed by atoms with E-state index >= 15 is 0 Å². The summed E-state index contributed by atoms with van der Waals surface area (Å²) in [4.78, 5) is 14.5. The van der Waals surface area contributed by atoms with Crippen LogP contribution in [0.15, 0.2) is 34.9 Å². The smallest absolute Gasteiger partial charge is 0.357 e. The molecule has 0 spiro atoms. The van der Waals surface area contributed by atoms with E-state index in [2.05, 4.69) is 10.3 Å². The summed E-state index contributed by atoms with van der Waals surface area (Å²) < 4.78 is 23.0. The predicted molar refractivity (Wildman–Crippen MR) is 68.1 cm³/mol. The van der Waals surface area contributed by atoms with Crippen LogP contribution in [0.1, 0.15) is 22.1 Å². The summed E-state index contributed by atoms with van der Waals surface area (Å²) in [5.41, 5.74) is 0.575. The molecule has 0 aliphatic carbocycles. The van der Waals surface area contributed by atoms with E-state index in [1.807, 2.05) is 0 Å². The monoisotopic (exact) mass is 280 g/mol. The second kappa shape index (κ2) is 6.16. The Morgan fingerprint density at radius 2 is 2.20 bits per heavy atom. The predicted octanol–water partition coefficient (Wildman–Crippen LogP) is 2.31.